The number of anilines is 1. The van der Waals surface area contributed by atoms with Crippen molar-refractivity contribution in [2.45, 2.75) is 13.5 Å². The average Bonchev–Trinajstić information content (AvgIpc) is 2.82. The van der Waals surface area contributed by atoms with E-state index in [1.807, 2.05) is 43.3 Å². The zero-order valence-electron chi connectivity index (χ0n) is 18.7. The molecule has 0 saturated heterocycles. The fourth-order valence-corrected chi connectivity index (χ4v) is 3.84. The van der Waals surface area contributed by atoms with E-state index in [9.17, 15) is 9.59 Å². The van der Waals surface area contributed by atoms with Crippen molar-refractivity contribution >= 4 is 11.6 Å². The summed E-state index contributed by atoms with van der Waals surface area (Å²) in [6, 6.07) is 13.0. The van der Waals surface area contributed by atoms with Gasteiger partial charge in [0, 0.05) is 32.0 Å². The molecule has 3 aromatic rings. The van der Waals surface area contributed by atoms with Crippen LogP contribution in [0.3, 0.4) is 0 Å². The second-order valence-electron chi connectivity index (χ2n) is 7.87. The van der Waals surface area contributed by atoms with E-state index in [4.69, 9.17) is 14.6 Å². The van der Waals surface area contributed by atoms with Crippen molar-refractivity contribution in [3.63, 3.8) is 0 Å². The lowest BCUT2D eigenvalue weighted by atomic mass is 9.98. The number of nitrogens with zero attached hydrogens (tertiary/aromatic N) is 1. The Labute approximate surface area is 191 Å². The van der Waals surface area contributed by atoms with Gasteiger partial charge in [0.15, 0.2) is 11.5 Å². The number of carbonyl (C=O) groups is 1. The number of nitrogens with one attached hydrogen (secondary N) is 2. The van der Waals surface area contributed by atoms with E-state index in [0.29, 0.717) is 37.7 Å². The van der Waals surface area contributed by atoms with Crippen molar-refractivity contribution in [3.05, 3.63) is 75.7 Å². The Morgan fingerprint density at radius 2 is 1.91 bits per heavy atom. The molecule has 0 unspecified atom stereocenters. The van der Waals surface area contributed by atoms with Crippen LogP contribution < -0.4 is 25.7 Å². The number of amides is 1. The first-order chi connectivity index (χ1) is 16.0. The second kappa shape index (κ2) is 9.89. The van der Waals surface area contributed by atoms with E-state index in [-0.39, 0.29) is 17.7 Å². The smallest absolute Gasteiger partial charge is 0.263 e. The molecule has 8 heteroatoms. The van der Waals surface area contributed by atoms with Crippen LogP contribution in [0.25, 0.3) is 11.1 Å². The first-order valence-electron chi connectivity index (χ1n) is 10.8. The average molecular weight is 450 g/mol. The molecule has 0 spiro atoms. The molecule has 0 atom stereocenters. The topological polar surface area (TPSA) is 102 Å². The fraction of sp³-hybridized carbons (Fsp3) is 0.280. The minimum atomic E-state index is -0.470. The van der Waals surface area contributed by atoms with E-state index < -0.39 is 5.91 Å². The van der Waals surface area contributed by atoms with Gasteiger partial charge in [-0.2, -0.15) is 0 Å². The van der Waals surface area contributed by atoms with E-state index in [1.54, 1.807) is 19.3 Å². The molecule has 0 aliphatic carbocycles. The number of hydrogen-bond acceptors (Lipinski definition) is 6. The predicted molar refractivity (Wildman–Crippen MR) is 126 cm³/mol. The first kappa shape index (κ1) is 22.6. The van der Waals surface area contributed by atoms with Crippen LogP contribution in [0.15, 0.2) is 53.5 Å². The molecule has 2 heterocycles. The van der Waals surface area contributed by atoms with E-state index in [0.717, 1.165) is 28.0 Å². The minimum absolute atomic E-state index is 0.0120. The quantitative estimate of drug-likeness (QED) is 0.479. The Bertz CT molecular complexity index is 1240. The molecule has 4 rings (SSSR count). The molecule has 1 aliphatic heterocycles. The van der Waals surface area contributed by atoms with E-state index >= 15 is 0 Å². The molecule has 1 aromatic heterocycles. The van der Waals surface area contributed by atoms with Crippen LogP contribution in [0.4, 0.5) is 5.69 Å². The number of hydrogen-bond donors (Lipinski definition) is 3. The third kappa shape index (κ3) is 4.92. The Hall–Kier alpha value is -3.62. The molecular formula is C25H27N3O5. The Kier molecular flexibility index (Phi) is 6.76. The lowest BCUT2D eigenvalue weighted by Crippen LogP contribution is -2.29. The lowest BCUT2D eigenvalue weighted by Gasteiger charge is -2.20. The molecule has 33 heavy (non-hydrogen) atoms. The molecule has 0 saturated carbocycles. The van der Waals surface area contributed by atoms with Crippen molar-refractivity contribution in [1.29, 1.82) is 0 Å². The van der Waals surface area contributed by atoms with Gasteiger partial charge in [-0.3, -0.25) is 9.59 Å². The molecule has 2 aromatic carbocycles. The summed E-state index contributed by atoms with van der Waals surface area (Å²) in [6.07, 6.45) is 1.68. The van der Waals surface area contributed by atoms with Crippen LogP contribution in [-0.2, 0) is 13.6 Å². The second-order valence-corrected chi connectivity index (χ2v) is 7.87. The number of ether oxygens (including phenoxy) is 2. The first-order valence-corrected chi connectivity index (χ1v) is 10.8. The zero-order valence-corrected chi connectivity index (χ0v) is 18.7. The van der Waals surface area contributed by atoms with E-state index in [2.05, 4.69) is 10.6 Å². The molecule has 172 valence electrons. The largest absolute Gasteiger partial charge is 0.486 e. The van der Waals surface area contributed by atoms with Gasteiger partial charge in [-0.15, -0.1) is 0 Å². The summed E-state index contributed by atoms with van der Waals surface area (Å²) in [5, 5.41) is 14.9. The molecule has 0 radical (unpaired) electrons. The van der Waals surface area contributed by atoms with Gasteiger partial charge in [0.1, 0.15) is 18.8 Å². The maximum absolute atomic E-state index is 13.0. The molecule has 8 nitrogen and oxygen atoms in total. The zero-order chi connectivity index (χ0) is 23.4. The van der Waals surface area contributed by atoms with Gasteiger partial charge in [-0.1, -0.05) is 18.2 Å². The van der Waals surface area contributed by atoms with Crippen molar-refractivity contribution in [2.24, 2.45) is 7.05 Å². The Balaban J connectivity index is 1.60. The number of fused-ring (bicyclic) bond motifs is 1. The van der Waals surface area contributed by atoms with Crippen LogP contribution >= 0.6 is 0 Å². The maximum atomic E-state index is 13.0. The summed E-state index contributed by atoms with van der Waals surface area (Å²) in [5.41, 5.74) is 3.85. The van der Waals surface area contributed by atoms with Gasteiger partial charge >= 0.3 is 0 Å². The number of aromatic nitrogens is 1. The van der Waals surface area contributed by atoms with Crippen LogP contribution in [0.1, 0.15) is 21.5 Å². The highest BCUT2D eigenvalue weighted by Gasteiger charge is 2.17. The lowest BCUT2D eigenvalue weighted by molar-refractivity contribution is 0.102. The van der Waals surface area contributed by atoms with Gasteiger partial charge in [0.25, 0.3) is 11.5 Å². The number of aliphatic hydroxyl groups excluding tert-OH is 1. The van der Waals surface area contributed by atoms with Crippen LogP contribution in [0.5, 0.6) is 11.5 Å². The predicted octanol–water partition coefficient (Wildman–Crippen LogP) is 2.47. The SMILES string of the molecule is Cc1c(NC(=O)c2cc(CNCCO)cn(C)c2=O)cccc1-c1ccc2c(c1)OCCO2. The monoisotopic (exact) mass is 449 g/mol. The molecule has 1 amide bonds. The summed E-state index contributed by atoms with van der Waals surface area (Å²) < 4.78 is 12.7. The normalized spacial score (nSPS) is 12.5. The van der Waals surface area contributed by atoms with Crippen LogP contribution in [-0.4, -0.2) is 41.9 Å². The van der Waals surface area contributed by atoms with Crippen LogP contribution in [0, 0.1) is 6.92 Å². The van der Waals surface area contributed by atoms with Crippen molar-refractivity contribution < 1.29 is 19.4 Å². The highest BCUT2D eigenvalue weighted by molar-refractivity contribution is 6.05. The molecule has 3 N–H and O–H groups in total. The Morgan fingerprint density at radius 3 is 2.70 bits per heavy atom. The number of carbonyl (C=O) groups excluding carboxylic acids is 1. The number of benzene rings is 2. The third-order valence-corrected chi connectivity index (χ3v) is 5.54. The number of pyridine rings is 1. The minimum Gasteiger partial charge on any atom is -0.486 e. The molecule has 1 aliphatic rings. The van der Waals surface area contributed by atoms with Gasteiger partial charge < -0.3 is 29.8 Å². The summed E-state index contributed by atoms with van der Waals surface area (Å²) in [7, 11) is 1.61. The Morgan fingerprint density at radius 1 is 1.12 bits per heavy atom. The maximum Gasteiger partial charge on any atom is 0.263 e. The van der Waals surface area contributed by atoms with Crippen molar-refractivity contribution in [1.82, 2.24) is 9.88 Å². The van der Waals surface area contributed by atoms with Gasteiger partial charge in [0.2, 0.25) is 0 Å². The standard InChI is InChI=1S/C25H27N3O5/c1-16-19(18-6-7-22-23(13-18)33-11-10-32-22)4-3-5-21(16)27-24(30)20-12-17(14-26-8-9-29)15-28(2)25(20)31/h3-7,12-13,15,26,29H,8-11,14H2,1-2H3,(H,27,30). The van der Waals surface area contributed by atoms with Gasteiger partial charge in [-0.05, 0) is 53.4 Å². The van der Waals surface area contributed by atoms with Gasteiger partial charge in [-0.25, -0.2) is 0 Å². The number of aryl methyl sites for hydroxylation is 1. The summed E-state index contributed by atoms with van der Waals surface area (Å²) in [4.78, 5) is 25.6. The van der Waals surface area contributed by atoms with E-state index in [1.165, 1.54) is 4.57 Å². The summed E-state index contributed by atoms with van der Waals surface area (Å²) >= 11 is 0. The highest BCUT2D eigenvalue weighted by atomic mass is 16.6. The van der Waals surface area contributed by atoms with Crippen LogP contribution in [0.2, 0.25) is 0 Å². The molecule has 0 bridgehead atoms. The third-order valence-electron chi connectivity index (χ3n) is 5.54. The number of aliphatic hydroxyl groups is 1. The van der Waals surface area contributed by atoms with Gasteiger partial charge in [0.05, 0.1) is 6.61 Å². The highest BCUT2D eigenvalue weighted by Crippen LogP contribution is 2.36. The van der Waals surface area contributed by atoms with Crippen molar-refractivity contribution in [2.75, 3.05) is 31.7 Å². The summed E-state index contributed by atoms with van der Waals surface area (Å²) in [6.45, 7) is 3.84. The van der Waals surface area contributed by atoms with Crippen molar-refractivity contribution in [3.8, 4) is 22.6 Å². The summed E-state index contributed by atoms with van der Waals surface area (Å²) in [5.74, 6) is 0.945. The fourth-order valence-electron chi connectivity index (χ4n) is 3.84. The molecule has 0 fully saturated rings. The number of rotatable bonds is 7. The molecular weight excluding hydrogens is 422 g/mol.